The maximum Gasteiger partial charge on any atom is 0.320 e. The van der Waals surface area contributed by atoms with Crippen LogP contribution in [-0.4, -0.2) is 22.2 Å². The Morgan fingerprint density at radius 1 is 1.41 bits per heavy atom. The van der Waals surface area contributed by atoms with Crippen molar-refractivity contribution in [1.29, 1.82) is 0 Å². The summed E-state index contributed by atoms with van der Waals surface area (Å²) in [5, 5.41) is 18.5. The number of nitrogens with two attached hydrogens (primary N) is 1. The molecule has 2 atom stereocenters. The van der Waals surface area contributed by atoms with Crippen LogP contribution in [0.5, 0.6) is 0 Å². The highest BCUT2D eigenvalue weighted by atomic mass is 16.4. The quantitative estimate of drug-likeness (QED) is 0.741. The Balaban J connectivity index is 2.08. The number of benzene rings is 1. The highest BCUT2D eigenvalue weighted by molar-refractivity contribution is 5.73. The van der Waals surface area contributed by atoms with E-state index in [1.54, 1.807) is 6.08 Å². The number of aliphatic carboxylic acids is 1. The molecule has 0 aromatic heterocycles. The lowest BCUT2D eigenvalue weighted by Crippen LogP contribution is -2.30. The molecule has 0 amide bonds. The largest absolute Gasteiger partial charge is 0.512 e. The van der Waals surface area contributed by atoms with Crippen LogP contribution in [0.3, 0.4) is 0 Å². The van der Waals surface area contributed by atoms with Crippen molar-refractivity contribution in [2.75, 3.05) is 0 Å². The van der Waals surface area contributed by atoms with E-state index in [-0.39, 0.29) is 5.92 Å². The van der Waals surface area contributed by atoms with E-state index >= 15 is 0 Å². The molecule has 4 N–H and O–H groups in total. The van der Waals surface area contributed by atoms with Crippen molar-refractivity contribution in [2.45, 2.75) is 24.8 Å². The van der Waals surface area contributed by atoms with Crippen LogP contribution in [0.25, 0.3) is 6.08 Å². The molecule has 2 unspecified atom stereocenters. The van der Waals surface area contributed by atoms with Crippen LogP contribution < -0.4 is 5.73 Å². The van der Waals surface area contributed by atoms with Crippen LogP contribution in [0.1, 0.15) is 29.9 Å². The fraction of sp³-hybridized carbons (Fsp3) is 0.308. The van der Waals surface area contributed by atoms with Gasteiger partial charge in [0.2, 0.25) is 0 Å². The van der Waals surface area contributed by atoms with E-state index in [0.29, 0.717) is 18.6 Å². The van der Waals surface area contributed by atoms with Gasteiger partial charge in [0.1, 0.15) is 11.8 Å². The van der Waals surface area contributed by atoms with Gasteiger partial charge in [-0.25, -0.2) is 0 Å². The summed E-state index contributed by atoms with van der Waals surface area (Å²) in [6, 6.07) is 6.84. The molecule has 0 saturated carbocycles. The van der Waals surface area contributed by atoms with Crippen molar-refractivity contribution >= 4 is 12.0 Å². The van der Waals surface area contributed by atoms with Crippen LogP contribution in [0.15, 0.2) is 30.0 Å². The van der Waals surface area contributed by atoms with Gasteiger partial charge >= 0.3 is 5.97 Å². The van der Waals surface area contributed by atoms with Crippen molar-refractivity contribution in [3.05, 3.63) is 41.2 Å². The van der Waals surface area contributed by atoms with Crippen LogP contribution in [0.4, 0.5) is 0 Å². The van der Waals surface area contributed by atoms with Crippen LogP contribution in [0.2, 0.25) is 0 Å². The summed E-state index contributed by atoms with van der Waals surface area (Å²) in [6.07, 6.45) is 2.63. The second-order valence-corrected chi connectivity index (χ2v) is 4.27. The lowest BCUT2D eigenvalue weighted by molar-refractivity contribution is -0.138. The zero-order chi connectivity index (χ0) is 12.4. The Kier molecular flexibility index (Phi) is 3.15. The van der Waals surface area contributed by atoms with Gasteiger partial charge in [0.25, 0.3) is 0 Å². The summed E-state index contributed by atoms with van der Waals surface area (Å²) >= 11 is 0. The van der Waals surface area contributed by atoms with Crippen molar-refractivity contribution in [3.63, 3.8) is 0 Å². The second kappa shape index (κ2) is 4.59. The molecule has 0 heterocycles. The summed E-state index contributed by atoms with van der Waals surface area (Å²) in [4.78, 5) is 10.6. The Labute approximate surface area is 99.4 Å². The average molecular weight is 233 g/mol. The number of aliphatic hydroxyl groups excluding tert-OH is 1. The fourth-order valence-electron chi connectivity index (χ4n) is 2.15. The van der Waals surface area contributed by atoms with Crippen LogP contribution in [0, 0.1) is 0 Å². The smallest absolute Gasteiger partial charge is 0.320 e. The molecule has 1 aliphatic carbocycles. The molecule has 0 saturated heterocycles. The molecular weight excluding hydrogens is 218 g/mol. The summed E-state index contributed by atoms with van der Waals surface area (Å²) in [5.41, 5.74) is 7.50. The molecule has 0 radical (unpaired) electrons. The summed E-state index contributed by atoms with van der Waals surface area (Å²) in [5.74, 6) is -0.819. The number of rotatable bonds is 4. The standard InChI is InChI=1S/C13H15NO3/c14-11(13(16)17)6-5-10-9-4-2-1-3-8(9)7-12(10)15/h1-4,7,10-11,15H,5-6,14H2,(H,16,17). The molecule has 4 nitrogen and oxygen atoms in total. The zero-order valence-corrected chi connectivity index (χ0v) is 9.34. The normalized spacial score (nSPS) is 19.6. The van der Waals surface area contributed by atoms with Gasteiger partial charge < -0.3 is 15.9 Å². The molecule has 1 aliphatic rings. The maximum absolute atomic E-state index is 10.6. The van der Waals surface area contributed by atoms with E-state index < -0.39 is 12.0 Å². The van der Waals surface area contributed by atoms with E-state index in [1.807, 2.05) is 24.3 Å². The third kappa shape index (κ3) is 2.31. The number of carboxylic acids is 1. The van der Waals surface area contributed by atoms with E-state index in [1.165, 1.54) is 0 Å². The van der Waals surface area contributed by atoms with Crippen molar-refractivity contribution < 1.29 is 15.0 Å². The number of hydrogen-bond donors (Lipinski definition) is 3. The Bertz CT molecular complexity index is 467. The highest BCUT2D eigenvalue weighted by Gasteiger charge is 2.25. The average Bonchev–Trinajstić information content (AvgIpc) is 2.61. The lowest BCUT2D eigenvalue weighted by Gasteiger charge is -2.14. The Morgan fingerprint density at radius 2 is 2.12 bits per heavy atom. The predicted octanol–water partition coefficient (Wildman–Crippen LogP) is 1.87. The number of carboxylic acid groups (broad SMARTS) is 1. The zero-order valence-electron chi connectivity index (χ0n) is 9.34. The molecule has 0 fully saturated rings. The summed E-state index contributed by atoms with van der Waals surface area (Å²) in [6.45, 7) is 0. The number of allylic oxidation sites excluding steroid dienone is 1. The molecule has 0 bridgehead atoms. The number of aliphatic hydroxyl groups is 1. The van der Waals surface area contributed by atoms with Gasteiger partial charge in [-0.05, 0) is 30.0 Å². The lowest BCUT2D eigenvalue weighted by atomic mass is 9.93. The number of carbonyl (C=O) groups is 1. The molecule has 0 aliphatic heterocycles. The Hall–Kier alpha value is -1.81. The topological polar surface area (TPSA) is 83.5 Å². The first-order chi connectivity index (χ1) is 8.09. The van der Waals surface area contributed by atoms with E-state index in [2.05, 4.69) is 0 Å². The molecular formula is C13H15NO3. The molecule has 1 aromatic rings. The SMILES string of the molecule is NC(CCC1C(O)=Cc2ccccc21)C(=O)O. The van der Waals surface area contributed by atoms with Gasteiger partial charge in [-0.2, -0.15) is 0 Å². The fourth-order valence-corrected chi connectivity index (χ4v) is 2.15. The molecule has 1 aromatic carbocycles. The van der Waals surface area contributed by atoms with E-state index in [9.17, 15) is 9.90 Å². The first-order valence-corrected chi connectivity index (χ1v) is 5.57. The van der Waals surface area contributed by atoms with Gasteiger partial charge in [-0.3, -0.25) is 4.79 Å². The minimum Gasteiger partial charge on any atom is -0.512 e. The minimum atomic E-state index is -1.00. The minimum absolute atomic E-state index is 0.114. The predicted molar refractivity (Wildman–Crippen MR) is 64.6 cm³/mol. The molecule has 4 heteroatoms. The summed E-state index contributed by atoms with van der Waals surface area (Å²) in [7, 11) is 0. The monoisotopic (exact) mass is 233 g/mol. The Morgan fingerprint density at radius 3 is 2.82 bits per heavy atom. The second-order valence-electron chi connectivity index (χ2n) is 4.27. The van der Waals surface area contributed by atoms with E-state index in [0.717, 1.165) is 11.1 Å². The van der Waals surface area contributed by atoms with Crippen molar-refractivity contribution in [2.24, 2.45) is 5.73 Å². The first kappa shape index (κ1) is 11.7. The van der Waals surface area contributed by atoms with Gasteiger partial charge in [-0.1, -0.05) is 24.3 Å². The summed E-state index contributed by atoms with van der Waals surface area (Å²) < 4.78 is 0. The molecule has 2 rings (SSSR count). The molecule has 17 heavy (non-hydrogen) atoms. The van der Waals surface area contributed by atoms with Crippen molar-refractivity contribution in [3.8, 4) is 0 Å². The van der Waals surface area contributed by atoms with Gasteiger partial charge in [0.05, 0.1) is 0 Å². The molecule has 0 spiro atoms. The van der Waals surface area contributed by atoms with E-state index in [4.69, 9.17) is 10.8 Å². The van der Waals surface area contributed by atoms with Gasteiger partial charge in [0, 0.05) is 5.92 Å². The van der Waals surface area contributed by atoms with Crippen molar-refractivity contribution in [1.82, 2.24) is 0 Å². The molecule has 90 valence electrons. The maximum atomic E-state index is 10.6. The van der Waals surface area contributed by atoms with Crippen LogP contribution >= 0.6 is 0 Å². The van der Waals surface area contributed by atoms with Gasteiger partial charge in [-0.15, -0.1) is 0 Å². The first-order valence-electron chi connectivity index (χ1n) is 5.57. The third-order valence-corrected chi connectivity index (χ3v) is 3.12. The number of fused-ring (bicyclic) bond motifs is 1. The number of hydrogen-bond acceptors (Lipinski definition) is 3. The van der Waals surface area contributed by atoms with Crippen LogP contribution in [-0.2, 0) is 4.79 Å². The highest BCUT2D eigenvalue weighted by Crippen LogP contribution is 2.37. The third-order valence-electron chi connectivity index (χ3n) is 3.12. The van der Waals surface area contributed by atoms with Gasteiger partial charge in [0.15, 0.2) is 0 Å².